The Morgan fingerprint density at radius 1 is 1.35 bits per heavy atom. The Bertz CT molecular complexity index is 419. The molecule has 112 valence electrons. The van der Waals surface area contributed by atoms with Gasteiger partial charge in [0.25, 0.3) is 5.91 Å². The lowest BCUT2D eigenvalue weighted by molar-refractivity contribution is 0.0937. The summed E-state index contributed by atoms with van der Waals surface area (Å²) in [5, 5.41) is 3.07. The van der Waals surface area contributed by atoms with E-state index in [-0.39, 0.29) is 11.9 Å². The van der Waals surface area contributed by atoms with Gasteiger partial charge in [-0.1, -0.05) is 19.9 Å². The van der Waals surface area contributed by atoms with Crippen molar-refractivity contribution < 1.29 is 4.79 Å². The van der Waals surface area contributed by atoms with E-state index in [0.717, 1.165) is 41.6 Å². The van der Waals surface area contributed by atoms with Crippen LogP contribution < -0.4 is 5.32 Å². The van der Waals surface area contributed by atoms with E-state index in [4.69, 9.17) is 0 Å². The SMILES string of the molecule is CCN(CC)CCCC(C)NC(=O)c1cccc(I)c1. The van der Waals surface area contributed by atoms with E-state index < -0.39 is 0 Å². The second-order valence-corrected chi connectivity index (χ2v) is 6.30. The van der Waals surface area contributed by atoms with Crippen molar-refractivity contribution in [2.45, 2.75) is 39.7 Å². The van der Waals surface area contributed by atoms with E-state index in [2.05, 4.69) is 53.6 Å². The van der Waals surface area contributed by atoms with Gasteiger partial charge in [0.2, 0.25) is 0 Å². The molecule has 0 aromatic heterocycles. The molecule has 0 radical (unpaired) electrons. The first kappa shape index (κ1) is 17.4. The molecule has 0 saturated heterocycles. The Balaban J connectivity index is 2.35. The van der Waals surface area contributed by atoms with Crippen LogP contribution in [-0.4, -0.2) is 36.5 Å². The molecule has 3 nitrogen and oxygen atoms in total. The van der Waals surface area contributed by atoms with Gasteiger partial charge in [0.1, 0.15) is 0 Å². The summed E-state index contributed by atoms with van der Waals surface area (Å²) in [6.07, 6.45) is 2.14. The quantitative estimate of drug-likeness (QED) is 0.691. The molecule has 0 aliphatic rings. The first-order chi connectivity index (χ1) is 9.56. The van der Waals surface area contributed by atoms with E-state index in [1.54, 1.807) is 0 Å². The lowest BCUT2D eigenvalue weighted by atomic mass is 10.1. The van der Waals surface area contributed by atoms with Crippen molar-refractivity contribution in [1.29, 1.82) is 0 Å². The number of halogens is 1. The zero-order chi connectivity index (χ0) is 15.0. The number of carbonyl (C=O) groups is 1. The maximum atomic E-state index is 12.1. The predicted molar refractivity (Wildman–Crippen MR) is 93.1 cm³/mol. The minimum absolute atomic E-state index is 0.0267. The fourth-order valence-corrected chi connectivity index (χ4v) is 2.71. The molecule has 0 saturated carbocycles. The Kier molecular flexibility index (Phi) is 8.14. The molecule has 1 atom stereocenters. The lowest BCUT2D eigenvalue weighted by Gasteiger charge is -2.19. The Labute approximate surface area is 136 Å². The molecule has 0 aliphatic heterocycles. The highest BCUT2D eigenvalue weighted by molar-refractivity contribution is 14.1. The number of carbonyl (C=O) groups excluding carboxylic acids is 1. The number of hydrogen-bond acceptors (Lipinski definition) is 2. The number of hydrogen-bond donors (Lipinski definition) is 1. The van der Waals surface area contributed by atoms with E-state index in [1.165, 1.54) is 0 Å². The highest BCUT2D eigenvalue weighted by atomic mass is 127. The van der Waals surface area contributed by atoms with Gasteiger partial charge >= 0.3 is 0 Å². The van der Waals surface area contributed by atoms with Crippen LogP contribution in [0.3, 0.4) is 0 Å². The van der Waals surface area contributed by atoms with Gasteiger partial charge in [-0.2, -0.15) is 0 Å². The molecule has 1 aromatic rings. The van der Waals surface area contributed by atoms with Gasteiger partial charge in [-0.05, 0) is 80.2 Å². The molecule has 0 fully saturated rings. The molecule has 20 heavy (non-hydrogen) atoms. The van der Waals surface area contributed by atoms with Crippen LogP contribution in [0, 0.1) is 3.57 Å². The van der Waals surface area contributed by atoms with Crippen molar-refractivity contribution in [2.75, 3.05) is 19.6 Å². The molecular weight excluding hydrogens is 363 g/mol. The van der Waals surface area contributed by atoms with Gasteiger partial charge in [0.15, 0.2) is 0 Å². The summed E-state index contributed by atoms with van der Waals surface area (Å²) in [4.78, 5) is 14.5. The zero-order valence-electron chi connectivity index (χ0n) is 12.7. The van der Waals surface area contributed by atoms with Crippen molar-refractivity contribution in [2.24, 2.45) is 0 Å². The van der Waals surface area contributed by atoms with E-state index in [0.29, 0.717) is 0 Å². The molecule has 0 bridgehead atoms. The van der Waals surface area contributed by atoms with Crippen LogP contribution in [0.2, 0.25) is 0 Å². The number of amides is 1. The average molecular weight is 388 g/mol. The highest BCUT2D eigenvalue weighted by Gasteiger charge is 2.10. The average Bonchev–Trinajstić information content (AvgIpc) is 2.43. The van der Waals surface area contributed by atoms with Gasteiger partial charge in [-0.3, -0.25) is 4.79 Å². The van der Waals surface area contributed by atoms with Gasteiger partial charge in [0.05, 0.1) is 0 Å². The Morgan fingerprint density at radius 2 is 2.05 bits per heavy atom. The standard InChI is InChI=1S/C16H25IN2O/c1-4-19(5-2)11-7-8-13(3)18-16(20)14-9-6-10-15(17)12-14/h6,9-10,12-13H,4-5,7-8,11H2,1-3H3,(H,18,20). The normalized spacial score (nSPS) is 12.4. The molecular formula is C16H25IN2O. The van der Waals surface area contributed by atoms with Gasteiger partial charge < -0.3 is 10.2 Å². The van der Waals surface area contributed by atoms with Crippen LogP contribution in [0.1, 0.15) is 44.0 Å². The summed E-state index contributed by atoms with van der Waals surface area (Å²) in [6.45, 7) is 9.75. The monoisotopic (exact) mass is 388 g/mol. The Morgan fingerprint density at radius 3 is 2.65 bits per heavy atom. The smallest absolute Gasteiger partial charge is 0.251 e. The van der Waals surface area contributed by atoms with Crippen molar-refractivity contribution in [3.05, 3.63) is 33.4 Å². The summed E-state index contributed by atoms with van der Waals surface area (Å²) < 4.78 is 1.09. The second kappa shape index (κ2) is 9.34. The van der Waals surface area contributed by atoms with Gasteiger partial charge in [-0.25, -0.2) is 0 Å². The van der Waals surface area contributed by atoms with Crippen molar-refractivity contribution >= 4 is 28.5 Å². The summed E-state index contributed by atoms with van der Waals surface area (Å²) in [7, 11) is 0. The number of nitrogens with zero attached hydrogens (tertiary/aromatic N) is 1. The van der Waals surface area contributed by atoms with Crippen LogP contribution >= 0.6 is 22.6 Å². The number of nitrogens with one attached hydrogen (secondary N) is 1. The summed E-state index contributed by atoms with van der Waals surface area (Å²) >= 11 is 2.23. The molecule has 1 rings (SSSR count). The first-order valence-electron chi connectivity index (χ1n) is 7.35. The van der Waals surface area contributed by atoms with Crippen molar-refractivity contribution in [3.63, 3.8) is 0 Å². The largest absolute Gasteiger partial charge is 0.350 e. The van der Waals surface area contributed by atoms with Crippen LogP contribution in [0.25, 0.3) is 0 Å². The van der Waals surface area contributed by atoms with Crippen LogP contribution in [-0.2, 0) is 0 Å². The topological polar surface area (TPSA) is 32.3 Å². The maximum absolute atomic E-state index is 12.1. The van der Waals surface area contributed by atoms with Crippen molar-refractivity contribution in [1.82, 2.24) is 10.2 Å². The van der Waals surface area contributed by atoms with Crippen LogP contribution in [0.15, 0.2) is 24.3 Å². The third kappa shape index (κ3) is 6.22. The van der Waals surface area contributed by atoms with Gasteiger partial charge in [-0.15, -0.1) is 0 Å². The molecule has 0 spiro atoms. The fourth-order valence-electron chi connectivity index (χ4n) is 2.17. The van der Waals surface area contributed by atoms with Crippen LogP contribution in [0.4, 0.5) is 0 Å². The van der Waals surface area contributed by atoms with Crippen LogP contribution in [0.5, 0.6) is 0 Å². The van der Waals surface area contributed by atoms with Crippen molar-refractivity contribution in [3.8, 4) is 0 Å². The molecule has 1 aromatic carbocycles. The third-order valence-corrected chi connectivity index (χ3v) is 4.14. The van der Waals surface area contributed by atoms with E-state index in [9.17, 15) is 4.79 Å². The summed E-state index contributed by atoms with van der Waals surface area (Å²) in [6, 6.07) is 7.90. The summed E-state index contributed by atoms with van der Waals surface area (Å²) in [5.74, 6) is 0.0267. The molecule has 4 heteroatoms. The third-order valence-electron chi connectivity index (χ3n) is 3.47. The van der Waals surface area contributed by atoms with E-state index in [1.807, 2.05) is 24.3 Å². The minimum Gasteiger partial charge on any atom is -0.350 e. The fraction of sp³-hybridized carbons (Fsp3) is 0.562. The van der Waals surface area contributed by atoms with E-state index >= 15 is 0 Å². The maximum Gasteiger partial charge on any atom is 0.251 e. The number of rotatable bonds is 8. The zero-order valence-corrected chi connectivity index (χ0v) is 14.8. The predicted octanol–water partition coefficient (Wildman–Crippen LogP) is 3.53. The molecule has 0 heterocycles. The second-order valence-electron chi connectivity index (χ2n) is 5.05. The molecule has 1 N–H and O–H groups in total. The molecule has 1 amide bonds. The van der Waals surface area contributed by atoms with Gasteiger partial charge in [0, 0.05) is 15.2 Å². The number of benzene rings is 1. The lowest BCUT2D eigenvalue weighted by Crippen LogP contribution is -2.33. The molecule has 0 aliphatic carbocycles. The summed E-state index contributed by atoms with van der Waals surface area (Å²) in [5.41, 5.74) is 0.743. The highest BCUT2D eigenvalue weighted by Crippen LogP contribution is 2.08. The first-order valence-corrected chi connectivity index (χ1v) is 8.43. The Hall–Kier alpha value is -0.620. The minimum atomic E-state index is 0.0267. The molecule has 1 unspecified atom stereocenters.